The monoisotopic (exact) mass is 497 g/mol. The van der Waals surface area contributed by atoms with E-state index in [4.69, 9.17) is 31.2 Å². The molecule has 0 bridgehead atoms. The number of carbonyl (C=O) groups excluding carboxylic acids is 1. The summed E-state index contributed by atoms with van der Waals surface area (Å²) in [4.78, 5) is 11.7. The summed E-state index contributed by atoms with van der Waals surface area (Å²) in [5.74, 6) is 1.57. The second-order valence-electron chi connectivity index (χ2n) is 8.60. The highest BCUT2D eigenvalue weighted by atomic mass is 32.1. The molecule has 9 heteroatoms. The summed E-state index contributed by atoms with van der Waals surface area (Å²) in [6, 6.07) is 13.1. The number of nitrogens with zero attached hydrogens (tertiary/aromatic N) is 1. The van der Waals surface area contributed by atoms with Crippen molar-refractivity contribution in [2.75, 3.05) is 25.6 Å². The third kappa shape index (κ3) is 6.22. The molecular weight excluding hydrogens is 466 g/mol. The van der Waals surface area contributed by atoms with Crippen molar-refractivity contribution in [3.05, 3.63) is 48.0 Å². The number of ether oxygens (including phenoxy) is 4. The molecule has 2 aromatic rings. The number of nitrogens with one attached hydrogen (secondary N) is 2. The molecule has 0 saturated heterocycles. The third-order valence-electron chi connectivity index (χ3n) is 6.15. The minimum atomic E-state index is -0.411. The largest absolute Gasteiger partial charge is 0.495 e. The van der Waals surface area contributed by atoms with Crippen molar-refractivity contribution in [2.24, 2.45) is 5.10 Å². The van der Waals surface area contributed by atoms with Crippen LogP contribution in [0.3, 0.4) is 0 Å². The zero-order valence-electron chi connectivity index (χ0n) is 20.1. The highest BCUT2D eigenvalue weighted by Crippen LogP contribution is 2.43. The zero-order chi connectivity index (χ0) is 24.7. The first-order valence-corrected chi connectivity index (χ1v) is 12.3. The summed E-state index contributed by atoms with van der Waals surface area (Å²) in [6.07, 6.45) is 6.10. The maximum atomic E-state index is 11.7. The molecule has 186 valence electrons. The van der Waals surface area contributed by atoms with Crippen LogP contribution in [0.1, 0.15) is 51.0 Å². The number of esters is 1. The van der Waals surface area contributed by atoms with Crippen LogP contribution in [0.2, 0.25) is 0 Å². The van der Waals surface area contributed by atoms with Gasteiger partial charge in [0.25, 0.3) is 0 Å². The molecule has 2 N–H and O–H groups in total. The molecule has 4 rings (SSSR count). The van der Waals surface area contributed by atoms with Crippen molar-refractivity contribution in [3.63, 3.8) is 0 Å². The van der Waals surface area contributed by atoms with E-state index in [1.54, 1.807) is 20.1 Å². The predicted molar refractivity (Wildman–Crippen MR) is 139 cm³/mol. The van der Waals surface area contributed by atoms with Gasteiger partial charge in [-0.1, -0.05) is 18.6 Å². The SMILES string of the molecule is CCOC(=O)COc1ccc2c(c1)/C(=N/NC(=S)Nc1ccccc1OC)CC1(CCCCC1)O2. The van der Waals surface area contributed by atoms with Gasteiger partial charge in [0.05, 0.1) is 25.1 Å². The zero-order valence-corrected chi connectivity index (χ0v) is 20.9. The van der Waals surface area contributed by atoms with E-state index in [1.165, 1.54) is 6.42 Å². The lowest BCUT2D eigenvalue weighted by Crippen LogP contribution is -2.44. The average Bonchev–Trinajstić information content (AvgIpc) is 2.87. The number of benzene rings is 2. The summed E-state index contributed by atoms with van der Waals surface area (Å²) >= 11 is 5.49. The molecule has 1 saturated carbocycles. The number of hydrogen-bond acceptors (Lipinski definition) is 7. The first-order chi connectivity index (χ1) is 17.0. The van der Waals surface area contributed by atoms with Crippen LogP contribution in [0.25, 0.3) is 0 Å². The second-order valence-corrected chi connectivity index (χ2v) is 9.01. The predicted octanol–water partition coefficient (Wildman–Crippen LogP) is 4.81. The summed E-state index contributed by atoms with van der Waals surface area (Å²) in [7, 11) is 1.61. The molecule has 0 radical (unpaired) electrons. The van der Waals surface area contributed by atoms with Crippen molar-refractivity contribution in [1.29, 1.82) is 0 Å². The van der Waals surface area contributed by atoms with Crippen LogP contribution in [0, 0.1) is 0 Å². The van der Waals surface area contributed by atoms with Gasteiger partial charge in [0.1, 0.15) is 22.8 Å². The molecule has 1 heterocycles. The molecule has 1 aliphatic heterocycles. The van der Waals surface area contributed by atoms with Crippen LogP contribution in [0.5, 0.6) is 17.2 Å². The number of fused-ring (bicyclic) bond motifs is 1. The van der Waals surface area contributed by atoms with Crippen LogP contribution in [-0.2, 0) is 9.53 Å². The fourth-order valence-corrected chi connectivity index (χ4v) is 4.67. The highest BCUT2D eigenvalue weighted by Gasteiger charge is 2.40. The van der Waals surface area contributed by atoms with Crippen LogP contribution < -0.4 is 25.0 Å². The number of anilines is 1. The maximum absolute atomic E-state index is 11.7. The molecule has 1 spiro atoms. The number of carbonyl (C=O) groups is 1. The number of hydrazone groups is 1. The Morgan fingerprint density at radius 3 is 2.74 bits per heavy atom. The Morgan fingerprint density at radius 1 is 1.17 bits per heavy atom. The van der Waals surface area contributed by atoms with Gasteiger partial charge in [-0.3, -0.25) is 5.43 Å². The molecule has 1 aliphatic carbocycles. The van der Waals surface area contributed by atoms with Crippen LogP contribution >= 0.6 is 12.2 Å². The average molecular weight is 498 g/mol. The first kappa shape index (κ1) is 24.8. The maximum Gasteiger partial charge on any atom is 0.344 e. The molecular formula is C26H31N3O5S. The van der Waals surface area contributed by atoms with Crippen LogP contribution in [-0.4, -0.2) is 42.7 Å². The van der Waals surface area contributed by atoms with Gasteiger partial charge in [0.2, 0.25) is 0 Å². The van der Waals surface area contributed by atoms with Gasteiger partial charge in [0.15, 0.2) is 11.7 Å². The van der Waals surface area contributed by atoms with E-state index in [0.29, 0.717) is 29.6 Å². The fourth-order valence-electron chi connectivity index (χ4n) is 4.52. The van der Waals surface area contributed by atoms with Crippen LogP contribution in [0.4, 0.5) is 5.69 Å². The number of thiocarbonyl (C=S) groups is 1. The van der Waals surface area contributed by atoms with Crippen molar-refractivity contribution >= 4 is 34.7 Å². The minimum Gasteiger partial charge on any atom is -0.495 e. The Balaban J connectivity index is 1.55. The molecule has 35 heavy (non-hydrogen) atoms. The molecule has 2 aliphatic rings. The van der Waals surface area contributed by atoms with E-state index in [1.807, 2.05) is 36.4 Å². The standard InChI is InChI=1S/C26H31N3O5S/c1-3-32-24(30)17-33-18-11-12-22-19(15-18)21(16-26(34-22)13-7-4-8-14-26)28-29-25(35)27-20-9-5-6-10-23(20)31-2/h5-6,9-12,15H,3-4,7-8,13-14,16-17H2,1-2H3,(H2,27,29,35)/b28-21+. The van der Waals surface area contributed by atoms with E-state index in [2.05, 4.69) is 15.8 Å². The molecule has 8 nitrogen and oxygen atoms in total. The smallest absolute Gasteiger partial charge is 0.344 e. The lowest BCUT2D eigenvalue weighted by Gasteiger charge is -2.41. The van der Waals surface area contributed by atoms with Crippen LogP contribution in [0.15, 0.2) is 47.6 Å². The molecule has 2 aromatic carbocycles. The van der Waals surface area contributed by atoms with E-state index in [-0.39, 0.29) is 12.2 Å². The normalized spacial score (nSPS) is 17.1. The van der Waals surface area contributed by atoms with E-state index in [9.17, 15) is 4.79 Å². The quantitative estimate of drug-likeness (QED) is 0.320. The molecule has 0 atom stereocenters. The van der Waals surface area contributed by atoms with Gasteiger partial charge in [0, 0.05) is 12.0 Å². The van der Waals surface area contributed by atoms with Crippen molar-refractivity contribution in [2.45, 2.75) is 51.0 Å². The molecule has 0 aromatic heterocycles. The molecule has 1 fully saturated rings. The van der Waals surface area contributed by atoms with Gasteiger partial charge < -0.3 is 24.3 Å². The summed E-state index contributed by atoms with van der Waals surface area (Å²) < 4.78 is 22.5. The lowest BCUT2D eigenvalue weighted by molar-refractivity contribution is -0.145. The van der Waals surface area contributed by atoms with Gasteiger partial charge >= 0.3 is 5.97 Å². The number of methoxy groups -OCH3 is 1. The van der Waals surface area contributed by atoms with Crippen molar-refractivity contribution in [3.8, 4) is 17.2 Å². The number of hydrogen-bond donors (Lipinski definition) is 2. The summed E-state index contributed by atoms with van der Waals surface area (Å²) in [6.45, 7) is 1.92. The second kappa shape index (κ2) is 11.4. The highest BCUT2D eigenvalue weighted by molar-refractivity contribution is 7.80. The number of para-hydroxylation sites is 2. The molecule has 0 amide bonds. The first-order valence-electron chi connectivity index (χ1n) is 11.9. The Labute approximate surface area is 211 Å². The summed E-state index contributed by atoms with van der Waals surface area (Å²) in [5.41, 5.74) is 5.11. The van der Waals surface area contributed by atoms with E-state index >= 15 is 0 Å². The number of rotatable bonds is 7. The van der Waals surface area contributed by atoms with Gasteiger partial charge in [-0.05, 0) is 75.2 Å². The fraction of sp³-hybridized carbons (Fsp3) is 0.423. The Bertz CT molecular complexity index is 1100. The van der Waals surface area contributed by atoms with Crippen molar-refractivity contribution in [1.82, 2.24) is 5.43 Å². The van der Waals surface area contributed by atoms with Gasteiger partial charge in [-0.25, -0.2) is 4.79 Å². The minimum absolute atomic E-state index is 0.158. The third-order valence-corrected chi connectivity index (χ3v) is 6.35. The van der Waals surface area contributed by atoms with Gasteiger partial charge in [-0.15, -0.1) is 0 Å². The Morgan fingerprint density at radius 2 is 1.97 bits per heavy atom. The van der Waals surface area contributed by atoms with E-state index in [0.717, 1.165) is 48.4 Å². The summed E-state index contributed by atoms with van der Waals surface area (Å²) in [5, 5.41) is 8.17. The Kier molecular flexibility index (Phi) is 8.07. The van der Waals surface area contributed by atoms with Gasteiger partial charge in [-0.2, -0.15) is 5.10 Å². The van der Waals surface area contributed by atoms with E-state index < -0.39 is 5.97 Å². The van der Waals surface area contributed by atoms with Crippen molar-refractivity contribution < 1.29 is 23.7 Å². The lowest BCUT2D eigenvalue weighted by atomic mass is 9.78. The Hall–Kier alpha value is -3.33. The topological polar surface area (TPSA) is 90.4 Å². The molecule has 0 unspecified atom stereocenters.